The molecule has 2 amide bonds. The number of alkyl halides is 2. The normalized spacial score (nSPS) is 24.9. The second kappa shape index (κ2) is 4.09. The van der Waals surface area contributed by atoms with E-state index in [9.17, 15) is 18.4 Å². The lowest BCUT2D eigenvalue weighted by Crippen LogP contribution is -2.47. The average molecular weight is 266 g/mol. The van der Waals surface area contributed by atoms with E-state index in [1.54, 1.807) is 12.1 Å². The first-order valence-corrected chi connectivity index (χ1v) is 6.07. The number of nitrogens with zero attached hydrogens (tertiary/aromatic N) is 1. The maximum absolute atomic E-state index is 13.5. The van der Waals surface area contributed by atoms with Gasteiger partial charge in [-0.25, -0.2) is 8.78 Å². The van der Waals surface area contributed by atoms with E-state index in [-0.39, 0.29) is 30.6 Å². The summed E-state index contributed by atoms with van der Waals surface area (Å²) in [4.78, 5) is 25.0. The number of nitrogens with one attached hydrogen (secondary N) is 1. The first-order valence-electron chi connectivity index (χ1n) is 6.07. The number of rotatable bonds is 2. The Balaban J connectivity index is 1.85. The Morgan fingerprint density at radius 1 is 1.21 bits per heavy atom. The van der Waals surface area contributed by atoms with Crippen molar-refractivity contribution in [3.63, 3.8) is 0 Å². The molecule has 0 saturated carbocycles. The molecule has 2 heterocycles. The van der Waals surface area contributed by atoms with Crippen molar-refractivity contribution < 1.29 is 18.4 Å². The van der Waals surface area contributed by atoms with Gasteiger partial charge in [0.1, 0.15) is 0 Å². The summed E-state index contributed by atoms with van der Waals surface area (Å²) in [6.07, 6.45) is -0.263. The molecule has 0 aromatic heterocycles. The predicted molar refractivity (Wildman–Crippen MR) is 63.2 cm³/mol. The minimum Gasteiger partial charge on any atom is -0.307 e. The van der Waals surface area contributed by atoms with Crippen molar-refractivity contribution in [2.24, 2.45) is 0 Å². The van der Waals surface area contributed by atoms with E-state index in [4.69, 9.17) is 0 Å². The molecule has 1 saturated heterocycles. The first kappa shape index (κ1) is 12.2. The van der Waals surface area contributed by atoms with E-state index in [1.165, 1.54) is 12.1 Å². The lowest BCUT2D eigenvalue weighted by molar-refractivity contribution is -0.0170. The number of benzene rings is 1. The Hall–Kier alpha value is -1.82. The monoisotopic (exact) mass is 266 g/mol. The van der Waals surface area contributed by atoms with Crippen molar-refractivity contribution >= 4 is 11.8 Å². The maximum atomic E-state index is 13.5. The van der Waals surface area contributed by atoms with Crippen molar-refractivity contribution in [2.75, 3.05) is 13.1 Å². The molecule has 0 unspecified atom stereocenters. The van der Waals surface area contributed by atoms with Crippen molar-refractivity contribution in [1.82, 2.24) is 10.2 Å². The minimum absolute atomic E-state index is 0.195. The second-order valence-corrected chi connectivity index (χ2v) is 4.78. The number of hydrogen-bond acceptors (Lipinski definition) is 3. The van der Waals surface area contributed by atoms with Gasteiger partial charge in [0, 0.05) is 13.0 Å². The largest absolute Gasteiger partial charge is 0.307 e. The van der Waals surface area contributed by atoms with Crippen LogP contribution in [0, 0.1) is 0 Å². The number of carbonyl (C=O) groups is 2. The van der Waals surface area contributed by atoms with Gasteiger partial charge in [-0.3, -0.25) is 14.5 Å². The Morgan fingerprint density at radius 3 is 2.26 bits per heavy atom. The molecule has 1 N–H and O–H groups in total. The van der Waals surface area contributed by atoms with Crippen LogP contribution in [0.25, 0.3) is 0 Å². The van der Waals surface area contributed by atoms with Crippen LogP contribution < -0.4 is 5.32 Å². The topological polar surface area (TPSA) is 49.4 Å². The molecule has 0 radical (unpaired) electrons. The molecule has 2 aliphatic rings. The van der Waals surface area contributed by atoms with Gasteiger partial charge in [0.15, 0.2) is 0 Å². The third-order valence-electron chi connectivity index (χ3n) is 3.60. The average Bonchev–Trinajstić information content (AvgIpc) is 2.83. The molecule has 1 aromatic rings. The molecule has 6 heteroatoms. The molecule has 3 rings (SSSR count). The van der Waals surface area contributed by atoms with E-state index in [0.717, 1.165) is 4.90 Å². The molecule has 1 atom stereocenters. The summed E-state index contributed by atoms with van der Waals surface area (Å²) in [5.41, 5.74) is 0.572. The lowest BCUT2D eigenvalue weighted by Gasteiger charge is -2.23. The van der Waals surface area contributed by atoms with Gasteiger partial charge in [-0.05, 0) is 12.1 Å². The summed E-state index contributed by atoms with van der Waals surface area (Å²) < 4.78 is 27.1. The smallest absolute Gasteiger partial charge is 0.266 e. The highest BCUT2D eigenvalue weighted by Gasteiger charge is 2.47. The van der Waals surface area contributed by atoms with Crippen LogP contribution in [0.3, 0.4) is 0 Å². The maximum Gasteiger partial charge on any atom is 0.266 e. The van der Waals surface area contributed by atoms with Crippen LogP contribution in [0.1, 0.15) is 27.1 Å². The summed E-state index contributed by atoms with van der Waals surface area (Å²) in [6, 6.07) is 5.21. The van der Waals surface area contributed by atoms with E-state index in [1.807, 2.05) is 0 Å². The van der Waals surface area contributed by atoms with Crippen LogP contribution in [0.4, 0.5) is 8.78 Å². The number of halogens is 2. The van der Waals surface area contributed by atoms with Crippen molar-refractivity contribution in [1.29, 1.82) is 0 Å². The van der Waals surface area contributed by atoms with Crippen LogP contribution in [-0.4, -0.2) is 41.8 Å². The highest BCUT2D eigenvalue weighted by atomic mass is 19.3. The molecule has 0 spiro atoms. The summed E-state index contributed by atoms with van der Waals surface area (Å²) in [7, 11) is 0. The summed E-state index contributed by atoms with van der Waals surface area (Å²) in [5.74, 6) is -3.87. The van der Waals surface area contributed by atoms with Gasteiger partial charge >= 0.3 is 0 Å². The van der Waals surface area contributed by atoms with Gasteiger partial charge in [0.05, 0.1) is 23.7 Å². The third-order valence-corrected chi connectivity index (χ3v) is 3.60. The zero-order chi connectivity index (χ0) is 13.6. The fourth-order valence-corrected chi connectivity index (χ4v) is 2.52. The minimum atomic E-state index is -2.88. The SMILES string of the molecule is O=C1c2ccccc2C(=O)N1C[C@H]1NCCC1(F)F. The zero-order valence-corrected chi connectivity index (χ0v) is 10.0. The number of carbonyl (C=O) groups excluding carboxylic acids is 2. The predicted octanol–water partition coefficient (Wildman–Crippen LogP) is 1.28. The molecular formula is C13H12F2N2O2. The summed E-state index contributed by atoms with van der Waals surface area (Å²) in [5, 5.41) is 2.65. The van der Waals surface area contributed by atoms with Crippen LogP contribution >= 0.6 is 0 Å². The van der Waals surface area contributed by atoms with Crippen molar-refractivity contribution in [2.45, 2.75) is 18.4 Å². The van der Waals surface area contributed by atoms with Gasteiger partial charge in [0.2, 0.25) is 0 Å². The molecule has 4 nitrogen and oxygen atoms in total. The third kappa shape index (κ3) is 1.83. The van der Waals surface area contributed by atoms with E-state index < -0.39 is 23.8 Å². The number of fused-ring (bicyclic) bond motifs is 1. The van der Waals surface area contributed by atoms with Crippen LogP contribution in [0.15, 0.2) is 24.3 Å². The molecule has 1 fully saturated rings. The van der Waals surface area contributed by atoms with Gasteiger partial charge in [-0.1, -0.05) is 12.1 Å². The zero-order valence-electron chi connectivity index (χ0n) is 10.0. The fourth-order valence-electron chi connectivity index (χ4n) is 2.52. The van der Waals surface area contributed by atoms with E-state index in [0.29, 0.717) is 0 Å². The number of amides is 2. The summed E-state index contributed by atoms with van der Waals surface area (Å²) >= 11 is 0. The molecule has 0 aliphatic carbocycles. The quantitative estimate of drug-likeness (QED) is 0.820. The van der Waals surface area contributed by atoms with Crippen molar-refractivity contribution in [3.05, 3.63) is 35.4 Å². The number of hydrogen-bond donors (Lipinski definition) is 1. The van der Waals surface area contributed by atoms with Gasteiger partial charge in [0.25, 0.3) is 17.7 Å². The second-order valence-electron chi connectivity index (χ2n) is 4.78. The van der Waals surface area contributed by atoms with Gasteiger partial charge in [-0.2, -0.15) is 0 Å². The van der Waals surface area contributed by atoms with Crippen molar-refractivity contribution in [3.8, 4) is 0 Å². The lowest BCUT2D eigenvalue weighted by atomic mass is 10.1. The van der Waals surface area contributed by atoms with Gasteiger partial charge < -0.3 is 5.32 Å². The Bertz CT molecular complexity index is 524. The fraction of sp³-hybridized carbons (Fsp3) is 0.385. The molecule has 1 aromatic carbocycles. The highest BCUT2D eigenvalue weighted by molar-refractivity contribution is 6.21. The Kier molecular flexibility index (Phi) is 2.63. The number of imide groups is 1. The molecule has 100 valence electrons. The Labute approximate surface area is 108 Å². The van der Waals surface area contributed by atoms with Crippen LogP contribution in [0.5, 0.6) is 0 Å². The first-order chi connectivity index (χ1) is 9.00. The highest BCUT2D eigenvalue weighted by Crippen LogP contribution is 2.30. The Morgan fingerprint density at radius 2 is 1.79 bits per heavy atom. The molecule has 2 aliphatic heterocycles. The molecular weight excluding hydrogens is 254 g/mol. The molecule has 19 heavy (non-hydrogen) atoms. The standard InChI is InChI=1S/C13H12F2N2O2/c14-13(15)5-6-16-10(13)7-17-11(18)8-3-1-2-4-9(8)12(17)19/h1-4,10,16H,5-7H2/t10-/m1/s1. The van der Waals surface area contributed by atoms with Gasteiger partial charge in [-0.15, -0.1) is 0 Å². The van der Waals surface area contributed by atoms with E-state index >= 15 is 0 Å². The van der Waals surface area contributed by atoms with E-state index in [2.05, 4.69) is 5.32 Å². The van der Waals surface area contributed by atoms with Crippen LogP contribution in [-0.2, 0) is 0 Å². The summed E-state index contributed by atoms with van der Waals surface area (Å²) in [6.45, 7) is -0.0970. The van der Waals surface area contributed by atoms with Crippen LogP contribution in [0.2, 0.25) is 0 Å². The molecule has 0 bridgehead atoms.